The maximum absolute atomic E-state index is 13.7. The summed E-state index contributed by atoms with van der Waals surface area (Å²) in [4.78, 5) is 15.3. The van der Waals surface area contributed by atoms with Crippen LogP contribution in [0.25, 0.3) is 10.8 Å². The molecular formula is C25H26BrNO5. The summed E-state index contributed by atoms with van der Waals surface area (Å²) in [6.07, 6.45) is 2.23. The fourth-order valence-corrected chi connectivity index (χ4v) is 4.68. The summed E-state index contributed by atoms with van der Waals surface area (Å²) in [5.41, 5.74) is 2.31. The zero-order chi connectivity index (χ0) is 23.0. The van der Waals surface area contributed by atoms with Gasteiger partial charge in [0.25, 0.3) is 5.91 Å². The minimum atomic E-state index is -0.220. The third-order valence-electron chi connectivity index (χ3n) is 5.90. The lowest BCUT2D eigenvalue weighted by Crippen LogP contribution is -2.27. The summed E-state index contributed by atoms with van der Waals surface area (Å²) in [5, 5.41) is 2.00. The summed E-state index contributed by atoms with van der Waals surface area (Å²) in [6, 6.07) is 11.5. The zero-order valence-electron chi connectivity index (χ0n) is 18.8. The minimum absolute atomic E-state index is 0.220. The monoisotopic (exact) mass is 499 g/mol. The first-order chi connectivity index (χ1) is 15.5. The van der Waals surface area contributed by atoms with Gasteiger partial charge in [-0.25, -0.2) is 0 Å². The van der Waals surface area contributed by atoms with Gasteiger partial charge >= 0.3 is 0 Å². The molecule has 6 nitrogen and oxygen atoms in total. The number of rotatable bonds is 7. The van der Waals surface area contributed by atoms with E-state index < -0.39 is 0 Å². The molecule has 3 aromatic carbocycles. The second-order valence-corrected chi connectivity index (χ2v) is 8.55. The molecule has 0 aromatic heterocycles. The van der Waals surface area contributed by atoms with Gasteiger partial charge in [0.15, 0.2) is 23.0 Å². The molecule has 1 aliphatic carbocycles. The maximum Gasteiger partial charge on any atom is 0.263 e. The first-order valence-corrected chi connectivity index (χ1v) is 11.1. The van der Waals surface area contributed by atoms with Gasteiger partial charge in [0.2, 0.25) is 0 Å². The predicted molar refractivity (Wildman–Crippen MR) is 129 cm³/mol. The summed E-state index contributed by atoms with van der Waals surface area (Å²) < 4.78 is 22.9. The molecule has 32 heavy (non-hydrogen) atoms. The first kappa shape index (κ1) is 22.3. The summed E-state index contributed by atoms with van der Waals surface area (Å²) in [5.74, 6) is 2.53. The van der Waals surface area contributed by atoms with Crippen molar-refractivity contribution in [2.75, 3.05) is 40.4 Å². The van der Waals surface area contributed by atoms with Crippen molar-refractivity contribution in [2.45, 2.75) is 18.8 Å². The number of anilines is 1. The number of carbonyl (C=O) groups excluding carboxylic acids is 1. The zero-order valence-corrected chi connectivity index (χ0v) is 20.4. The highest BCUT2D eigenvalue weighted by Gasteiger charge is 2.32. The van der Waals surface area contributed by atoms with Crippen molar-refractivity contribution in [3.8, 4) is 23.0 Å². The number of carbonyl (C=O) groups is 1. The van der Waals surface area contributed by atoms with Crippen molar-refractivity contribution < 1.29 is 23.7 Å². The standard InChI is InChI=1S/C25H26BrNO5/c1-27(25(28)22-17(26)11-12-19(29-2)23(22)31-4)18-8-6-7-15-16(18)13-20(30-3)24(32-5)21(15)14-9-10-14/h6-8,11-14H,9-10H2,1-5H3. The normalized spacial score (nSPS) is 13.1. The minimum Gasteiger partial charge on any atom is -0.493 e. The summed E-state index contributed by atoms with van der Waals surface area (Å²) in [7, 11) is 8.14. The van der Waals surface area contributed by atoms with Gasteiger partial charge in [-0.2, -0.15) is 0 Å². The number of benzene rings is 3. The molecule has 0 heterocycles. The molecule has 0 unspecified atom stereocenters. The van der Waals surface area contributed by atoms with Crippen LogP contribution < -0.4 is 23.8 Å². The number of fused-ring (bicyclic) bond motifs is 1. The molecule has 7 heteroatoms. The lowest BCUT2D eigenvalue weighted by atomic mass is 9.97. The van der Waals surface area contributed by atoms with Crippen molar-refractivity contribution in [3.05, 3.63) is 52.0 Å². The Kier molecular flexibility index (Phi) is 6.20. The topological polar surface area (TPSA) is 57.2 Å². The van der Waals surface area contributed by atoms with Gasteiger partial charge in [-0.1, -0.05) is 12.1 Å². The van der Waals surface area contributed by atoms with Gasteiger partial charge in [0.05, 0.1) is 39.7 Å². The molecule has 0 saturated heterocycles. The van der Waals surface area contributed by atoms with Crippen molar-refractivity contribution in [1.29, 1.82) is 0 Å². The Balaban J connectivity index is 1.90. The molecule has 0 spiro atoms. The molecule has 0 aliphatic heterocycles. The number of nitrogens with zero attached hydrogens (tertiary/aromatic N) is 1. The Morgan fingerprint density at radius 3 is 2.19 bits per heavy atom. The van der Waals surface area contributed by atoms with Crippen LogP contribution in [0.1, 0.15) is 34.7 Å². The molecular weight excluding hydrogens is 474 g/mol. The Morgan fingerprint density at radius 2 is 1.59 bits per heavy atom. The van der Waals surface area contributed by atoms with E-state index in [9.17, 15) is 4.79 Å². The average molecular weight is 500 g/mol. The molecule has 3 aromatic rings. The van der Waals surface area contributed by atoms with E-state index in [0.29, 0.717) is 33.2 Å². The maximum atomic E-state index is 13.7. The summed E-state index contributed by atoms with van der Waals surface area (Å²) in [6.45, 7) is 0. The number of methoxy groups -OCH3 is 4. The Hall–Kier alpha value is -2.93. The molecule has 1 aliphatic rings. The molecule has 0 atom stereocenters. The van der Waals surface area contributed by atoms with E-state index in [1.165, 1.54) is 7.11 Å². The van der Waals surface area contributed by atoms with Crippen LogP contribution >= 0.6 is 15.9 Å². The number of halogens is 1. The van der Waals surface area contributed by atoms with E-state index in [1.807, 2.05) is 18.2 Å². The fourth-order valence-electron chi connectivity index (χ4n) is 4.20. The van der Waals surface area contributed by atoms with E-state index in [0.717, 1.165) is 40.6 Å². The van der Waals surface area contributed by atoms with Gasteiger partial charge in [-0.05, 0) is 64.3 Å². The fraction of sp³-hybridized carbons (Fsp3) is 0.320. The van der Waals surface area contributed by atoms with E-state index in [4.69, 9.17) is 18.9 Å². The van der Waals surface area contributed by atoms with Crippen LogP contribution in [0.4, 0.5) is 5.69 Å². The van der Waals surface area contributed by atoms with Gasteiger partial charge in [0, 0.05) is 22.5 Å². The van der Waals surface area contributed by atoms with Crippen LogP contribution in [0.15, 0.2) is 40.9 Å². The van der Waals surface area contributed by atoms with E-state index in [-0.39, 0.29) is 5.91 Å². The highest BCUT2D eigenvalue weighted by molar-refractivity contribution is 9.10. The van der Waals surface area contributed by atoms with Gasteiger partial charge in [-0.15, -0.1) is 0 Å². The van der Waals surface area contributed by atoms with Gasteiger partial charge in [0.1, 0.15) is 0 Å². The van der Waals surface area contributed by atoms with E-state index >= 15 is 0 Å². The van der Waals surface area contributed by atoms with Crippen LogP contribution in [0.2, 0.25) is 0 Å². The van der Waals surface area contributed by atoms with Crippen molar-refractivity contribution in [2.24, 2.45) is 0 Å². The highest BCUT2D eigenvalue weighted by atomic mass is 79.9. The number of amides is 1. The number of hydrogen-bond donors (Lipinski definition) is 0. The average Bonchev–Trinajstić information content (AvgIpc) is 3.66. The second kappa shape index (κ2) is 8.90. The quantitative estimate of drug-likeness (QED) is 0.411. The molecule has 168 valence electrons. The summed E-state index contributed by atoms with van der Waals surface area (Å²) >= 11 is 3.50. The van der Waals surface area contributed by atoms with Crippen LogP contribution in [0.5, 0.6) is 23.0 Å². The largest absolute Gasteiger partial charge is 0.493 e. The first-order valence-electron chi connectivity index (χ1n) is 10.3. The van der Waals surface area contributed by atoms with Crippen LogP contribution in [-0.2, 0) is 0 Å². The second-order valence-electron chi connectivity index (χ2n) is 7.69. The molecule has 0 N–H and O–H groups in total. The van der Waals surface area contributed by atoms with Crippen molar-refractivity contribution in [3.63, 3.8) is 0 Å². The molecule has 1 fully saturated rings. The van der Waals surface area contributed by atoms with E-state index in [2.05, 4.69) is 22.0 Å². The lowest BCUT2D eigenvalue weighted by molar-refractivity contribution is 0.0989. The van der Waals surface area contributed by atoms with Crippen molar-refractivity contribution in [1.82, 2.24) is 0 Å². The third-order valence-corrected chi connectivity index (χ3v) is 6.56. The lowest BCUT2D eigenvalue weighted by Gasteiger charge is -2.24. The number of hydrogen-bond acceptors (Lipinski definition) is 5. The van der Waals surface area contributed by atoms with Crippen LogP contribution in [-0.4, -0.2) is 41.4 Å². The highest BCUT2D eigenvalue weighted by Crippen LogP contribution is 2.52. The molecule has 0 radical (unpaired) electrons. The molecule has 0 bridgehead atoms. The van der Waals surface area contributed by atoms with Gasteiger partial charge in [-0.3, -0.25) is 4.79 Å². The Bertz CT molecular complexity index is 1190. The molecule has 4 rings (SSSR count). The Labute approximate surface area is 196 Å². The number of ether oxygens (including phenoxy) is 4. The molecule has 1 amide bonds. The van der Waals surface area contributed by atoms with Crippen LogP contribution in [0, 0.1) is 0 Å². The predicted octanol–water partition coefficient (Wildman–Crippen LogP) is 5.79. The smallest absolute Gasteiger partial charge is 0.263 e. The van der Waals surface area contributed by atoms with Gasteiger partial charge < -0.3 is 23.8 Å². The third kappa shape index (κ3) is 3.64. The van der Waals surface area contributed by atoms with Crippen molar-refractivity contribution >= 4 is 38.3 Å². The Morgan fingerprint density at radius 1 is 0.906 bits per heavy atom. The van der Waals surface area contributed by atoms with Crippen LogP contribution in [0.3, 0.4) is 0 Å². The molecule has 1 saturated carbocycles. The SMILES string of the molecule is COc1ccc(Br)c(C(=O)N(C)c2cccc3c(C4CC4)c(OC)c(OC)cc23)c1OC. The van der Waals surface area contributed by atoms with E-state index in [1.54, 1.807) is 45.4 Å².